The van der Waals surface area contributed by atoms with Gasteiger partial charge in [-0.15, -0.1) is 0 Å². The van der Waals surface area contributed by atoms with Crippen molar-refractivity contribution < 1.29 is 89.7 Å². The van der Waals surface area contributed by atoms with Crippen molar-refractivity contribution in [2.24, 2.45) is 0 Å². The molecule has 0 fully saturated rings. The molecule has 0 saturated heterocycles. The van der Waals surface area contributed by atoms with Gasteiger partial charge in [0, 0.05) is 31.2 Å². The summed E-state index contributed by atoms with van der Waals surface area (Å²) < 4.78 is 102. The van der Waals surface area contributed by atoms with E-state index in [1.54, 1.807) is 0 Å². The molecule has 0 rings (SSSR count). The zero-order chi connectivity index (χ0) is 13.5. The van der Waals surface area contributed by atoms with Crippen molar-refractivity contribution in [2.75, 3.05) is 0 Å². The van der Waals surface area contributed by atoms with Gasteiger partial charge in [0.15, 0.2) is 0 Å². The van der Waals surface area contributed by atoms with E-state index in [2.05, 4.69) is 0 Å². The van der Waals surface area contributed by atoms with Crippen molar-refractivity contribution in [1.82, 2.24) is 0 Å². The van der Waals surface area contributed by atoms with Crippen LogP contribution in [0.5, 0.6) is 0 Å². The van der Waals surface area contributed by atoms with E-state index in [0.717, 1.165) is 0 Å². The second kappa shape index (κ2) is 11.8. The summed E-state index contributed by atoms with van der Waals surface area (Å²) in [5.74, 6) is 0. The number of rotatable bonds is 0. The van der Waals surface area contributed by atoms with Gasteiger partial charge < -0.3 is 27.3 Å². The third-order valence-electron chi connectivity index (χ3n) is 0. The molecule has 0 amide bonds. The van der Waals surface area contributed by atoms with Crippen LogP contribution in [0.2, 0.25) is 0 Å². The van der Waals surface area contributed by atoms with E-state index in [0.29, 0.717) is 0 Å². The molecule has 0 N–H and O–H groups in total. The normalized spacial score (nSPS) is 10.2. The molecule has 0 unspecified atom stereocenters. The van der Waals surface area contributed by atoms with Gasteiger partial charge in [-0.3, -0.25) is 25.3 Å². The molecule has 0 aliphatic rings. The fourth-order valence-corrected chi connectivity index (χ4v) is 0. The Bertz CT molecular complexity index is 341. The van der Waals surface area contributed by atoms with Crippen molar-refractivity contribution in [3.05, 3.63) is 0 Å². The molecule has 0 saturated carbocycles. The third-order valence-corrected chi connectivity index (χ3v) is 0. The Balaban J connectivity index is -0.0000000400. The molecule has 102 valence electrons. The molecular formula is O12S3V2-2. The van der Waals surface area contributed by atoms with E-state index in [1.165, 1.54) is 0 Å². The second-order valence-corrected chi connectivity index (χ2v) is 3.67. The number of hydrogen-bond donors (Lipinski definition) is 0. The monoisotopic (exact) mass is 390 g/mol. The number of hydrogen-bond acceptors (Lipinski definition) is 12. The van der Waals surface area contributed by atoms with Crippen LogP contribution in [0.3, 0.4) is 0 Å². The minimum atomic E-state index is -5.17. The van der Waals surface area contributed by atoms with Gasteiger partial charge >= 0.3 is 37.1 Å². The molecule has 0 heterocycles. The first-order chi connectivity index (χ1) is 6.00. The predicted molar refractivity (Wildman–Crippen MR) is 31.4 cm³/mol. The standard InChI is InChI=1S/3H2O4S.2V/c3*1-5(2,3)4;;/h3*(H2,1,2,3,4);;/q;;;2*+2/p-6. The van der Waals surface area contributed by atoms with Crippen LogP contribution in [0.1, 0.15) is 0 Å². The Morgan fingerprint density at radius 2 is 0.412 bits per heavy atom. The van der Waals surface area contributed by atoms with Gasteiger partial charge in [0.05, 0.1) is 0 Å². The quantitative estimate of drug-likeness (QED) is 0.284. The molecular weight excluding hydrogens is 390 g/mol. The minimum absolute atomic E-state index is 0. The van der Waals surface area contributed by atoms with E-state index < -0.39 is 31.2 Å². The van der Waals surface area contributed by atoms with Crippen LogP contribution in [0.25, 0.3) is 0 Å². The average molecular weight is 390 g/mol. The van der Waals surface area contributed by atoms with Crippen molar-refractivity contribution in [3.8, 4) is 0 Å². The maximum Gasteiger partial charge on any atom is 2.00 e. The maximum atomic E-state index is 8.52. The van der Waals surface area contributed by atoms with Crippen molar-refractivity contribution in [1.29, 1.82) is 0 Å². The summed E-state index contributed by atoms with van der Waals surface area (Å²) in [6.07, 6.45) is 0. The van der Waals surface area contributed by atoms with Gasteiger partial charge in [0.2, 0.25) is 0 Å². The molecule has 0 bridgehead atoms. The predicted octanol–water partition coefficient (Wildman–Crippen LogP) is -4.02. The molecule has 17 heavy (non-hydrogen) atoms. The Hall–Kier alpha value is 0.779. The first-order valence-corrected chi connectivity index (χ1v) is 6.00. The first-order valence-electron chi connectivity index (χ1n) is 2.00. The largest absolute Gasteiger partial charge is 2.00 e. The molecule has 0 atom stereocenters. The maximum absolute atomic E-state index is 8.52. The molecule has 0 aliphatic heterocycles. The fourth-order valence-electron chi connectivity index (χ4n) is 0. The molecule has 0 aromatic heterocycles. The van der Waals surface area contributed by atoms with Gasteiger partial charge in [0.1, 0.15) is 0 Å². The molecule has 2 radical (unpaired) electrons. The topological polar surface area (TPSA) is 241 Å². The van der Waals surface area contributed by atoms with E-state index in [4.69, 9.17) is 52.6 Å². The van der Waals surface area contributed by atoms with E-state index in [1.807, 2.05) is 0 Å². The van der Waals surface area contributed by atoms with Gasteiger partial charge in [-0.2, -0.15) is 0 Å². The Labute approximate surface area is 120 Å². The van der Waals surface area contributed by atoms with Crippen LogP contribution in [0.4, 0.5) is 0 Å². The van der Waals surface area contributed by atoms with Gasteiger partial charge in [-0.25, -0.2) is 0 Å². The van der Waals surface area contributed by atoms with Crippen LogP contribution < -0.4 is 0 Å². The van der Waals surface area contributed by atoms with Crippen molar-refractivity contribution >= 4 is 31.2 Å². The summed E-state index contributed by atoms with van der Waals surface area (Å²) in [6.45, 7) is 0. The minimum Gasteiger partial charge on any atom is -0.759 e. The first kappa shape index (κ1) is 30.7. The zero-order valence-electron chi connectivity index (χ0n) is 7.02. The molecule has 12 nitrogen and oxygen atoms in total. The van der Waals surface area contributed by atoms with Gasteiger partial charge in [0.25, 0.3) is 0 Å². The van der Waals surface area contributed by atoms with Crippen LogP contribution in [0.15, 0.2) is 0 Å². The van der Waals surface area contributed by atoms with Crippen molar-refractivity contribution in [3.63, 3.8) is 0 Å². The van der Waals surface area contributed by atoms with Gasteiger partial charge in [-0.1, -0.05) is 0 Å². The average Bonchev–Trinajstić information content (AvgIpc) is 1.41. The molecule has 0 spiro atoms. The molecule has 0 aromatic carbocycles. The van der Waals surface area contributed by atoms with E-state index >= 15 is 0 Å². The smallest absolute Gasteiger partial charge is 0.759 e. The molecule has 17 heteroatoms. The fraction of sp³-hybridized carbons (Fsp3) is 0. The van der Waals surface area contributed by atoms with Crippen LogP contribution in [-0.2, 0) is 68.3 Å². The zero-order valence-corrected chi connectivity index (χ0v) is 12.3. The summed E-state index contributed by atoms with van der Waals surface area (Å²) in [6, 6.07) is 0. The van der Waals surface area contributed by atoms with Crippen LogP contribution in [-0.4, -0.2) is 52.6 Å². The van der Waals surface area contributed by atoms with Gasteiger partial charge in [-0.05, 0) is 0 Å². The Kier molecular flexibility index (Phi) is 21.4. The summed E-state index contributed by atoms with van der Waals surface area (Å²) >= 11 is 0. The molecule has 0 aliphatic carbocycles. The summed E-state index contributed by atoms with van der Waals surface area (Å²) in [5.41, 5.74) is 0. The van der Waals surface area contributed by atoms with Crippen molar-refractivity contribution in [2.45, 2.75) is 0 Å². The second-order valence-electron chi connectivity index (χ2n) is 1.22. The third kappa shape index (κ3) is 6040. The summed E-state index contributed by atoms with van der Waals surface area (Å²) in [5, 5.41) is 0. The Morgan fingerprint density at radius 3 is 0.412 bits per heavy atom. The summed E-state index contributed by atoms with van der Waals surface area (Å²) in [7, 11) is -15.5. The molecule has 0 aromatic rings. The van der Waals surface area contributed by atoms with E-state index in [9.17, 15) is 0 Å². The Morgan fingerprint density at radius 1 is 0.412 bits per heavy atom. The SMILES string of the molecule is O=S(=O)([O-])[O-].O=S(=O)([O-])[O-].O=S(=O)([O-])[O-].[V+2].[V+2]. The van der Waals surface area contributed by atoms with Crippen LogP contribution in [0, 0.1) is 0 Å². The van der Waals surface area contributed by atoms with Crippen LogP contribution >= 0.6 is 0 Å². The summed E-state index contributed by atoms with van der Waals surface area (Å²) in [4.78, 5) is 0. The van der Waals surface area contributed by atoms with E-state index in [-0.39, 0.29) is 37.1 Å².